The Labute approximate surface area is 258 Å². The zero-order chi connectivity index (χ0) is 30.9. The molecule has 0 bridgehead atoms. The fourth-order valence-corrected chi connectivity index (χ4v) is 4.83. The summed E-state index contributed by atoms with van der Waals surface area (Å²) in [7, 11) is 0. The quantitative estimate of drug-likeness (QED) is 0.130. The molecule has 0 aromatic heterocycles. The Morgan fingerprint density at radius 1 is 0.568 bits per heavy atom. The number of hydrogen-bond acceptors (Lipinski definition) is 9. The number of hydrogen-bond donors (Lipinski definition) is 0. The Hall–Kier alpha value is -4.99. The van der Waals surface area contributed by atoms with E-state index in [-0.39, 0.29) is 22.3 Å². The van der Waals surface area contributed by atoms with E-state index in [4.69, 9.17) is 35.3 Å². The second kappa shape index (κ2) is 14.5. The lowest BCUT2D eigenvalue weighted by atomic mass is 10.1. The first-order valence-corrected chi connectivity index (χ1v) is 14.1. The first-order chi connectivity index (χ1) is 21.4. The summed E-state index contributed by atoms with van der Waals surface area (Å²) in [6.45, 7) is -0.487. The molecule has 0 N–H and O–H groups in total. The highest BCUT2D eigenvalue weighted by atomic mass is 35.5. The van der Waals surface area contributed by atoms with E-state index in [9.17, 15) is 19.2 Å². The number of benzene rings is 4. The van der Waals surface area contributed by atoms with Gasteiger partial charge in [-0.3, -0.25) is 0 Å². The van der Waals surface area contributed by atoms with Gasteiger partial charge in [-0.2, -0.15) is 0 Å². The molecule has 4 aromatic carbocycles. The molecule has 1 saturated heterocycles. The molecule has 1 aliphatic rings. The van der Waals surface area contributed by atoms with E-state index in [2.05, 4.69) is 0 Å². The van der Waals surface area contributed by atoms with E-state index >= 15 is 0 Å². The largest absolute Gasteiger partial charge is 0.458 e. The number of ether oxygens (including phenoxy) is 5. The lowest BCUT2D eigenvalue weighted by Gasteiger charge is -2.28. The van der Waals surface area contributed by atoms with Crippen molar-refractivity contribution in [3.8, 4) is 0 Å². The molecule has 5 rings (SSSR count). The van der Waals surface area contributed by atoms with E-state index in [1.54, 1.807) is 121 Å². The van der Waals surface area contributed by atoms with Crippen LogP contribution in [-0.4, -0.2) is 60.5 Å². The van der Waals surface area contributed by atoms with Crippen LogP contribution in [0.15, 0.2) is 121 Å². The van der Waals surface area contributed by atoms with Gasteiger partial charge in [-0.15, -0.1) is 0 Å². The number of carbonyl (C=O) groups excluding carboxylic acids is 4. The van der Waals surface area contributed by atoms with Gasteiger partial charge in [0, 0.05) is 0 Å². The van der Waals surface area contributed by atoms with Crippen molar-refractivity contribution < 1.29 is 42.9 Å². The Kier molecular flexibility index (Phi) is 10.0. The molecule has 1 fully saturated rings. The lowest BCUT2D eigenvalue weighted by Crippen LogP contribution is -2.47. The van der Waals surface area contributed by atoms with E-state index in [1.165, 1.54) is 0 Å². The summed E-state index contributed by atoms with van der Waals surface area (Å²) in [4.78, 5) is 52.2. The summed E-state index contributed by atoms with van der Waals surface area (Å²) in [5, 5.41) is 0. The number of halogens is 1. The summed E-state index contributed by atoms with van der Waals surface area (Å²) >= 11 is 6.55. The fourth-order valence-electron chi connectivity index (χ4n) is 4.52. The third-order valence-corrected chi connectivity index (χ3v) is 7.07. The van der Waals surface area contributed by atoms with Crippen molar-refractivity contribution in [1.29, 1.82) is 0 Å². The third kappa shape index (κ3) is 7.50. The maximum absolute atomic E-state index is 13.2. The van der Waals surface area contributed by atoms with Gasteiger partial charge in [-0.25, -0.2) is 19.2 Å². The highest BCUT2D eigenvalue weighted by Gasteiger charge is 2.53. The maximum atomic E-state index is 13.2. The van der Waals surface area contributed by atoms with Crippen molar-refractivity contribution in [3.63, 3.8) is 0 Å². The van der Waals surface area contributed by atoms with Crippen LogP contribution in [0.3, 0.4) is 0 Å². The zero-order valence-corrected chi connectivity index (χ0v) is 23.9. The van der Waals surface area contributed by atoms with E-state index in [0.717, 1.165) is 0 Å². The van der Waals surface area contributed by atoms with E-state index in [0.29, 0.717) is 0 Å². The molecule has 4 aromatic rings. The molecule has 5 atom stereocenters. The topological polar surface area (TPSA) is 114 Å². The fraction of sp³-hybridized carbons (Fsp3) is 0.176. The Morgan fingerprint density at radius 3 is 1.41 bits per heavy atom. The minimum Gasteiger partial charge on any atom is -0.458 e. The second-order valence-electron chi connectivity index (χ2n) is 9.70. The monoisotopic (exact) mass is 614 g/mol. The van der Waals surface area contributed by atoms with Crippen molar-refractivity contribution in [1.82, 2.24) is 0 Å². The Morgan fingerprint density at radius 2 is 0.955 bits per heavy atom. The number of carbonyl (C=O) groups is 4. The lowest BCUT2D eigenvalue weighted by molar-refractivity contribution is -0.0902. The van der Waals surface area contributed by atoms with E-state index < -0.39 is 60.5 Å². The smallest absolute Gasteiger partial charge is 0.338 e. The van der Waals surface area contributed by atoms with Gasteiger partial charge in [0.1, 0.15) is 12.7 Å². The van der Waals surface area contributed by atoms with Crippen LogP contribution in [0.2, 0.25) is 0 Å². The van der Waals surface area contributed by atoms with Gasteiger partial charge in [0.25, 0.3) is 0 Å². The molecule has 1 aliphatic heterocycles. The highest BCUT2D eigenvalue weighted by Crippen LogP contribution is 2.34. The van der Waals surface area contributed by atoms with Crippen molar-refractivity contribution in [2.75, 3.05) is 6.61 Å². The average molecular weight is 615 g/mol. The number of alkyl halides is 1. The molecule has 0 unspecified atom stereocenters. The molecule has 10 heteroatoms. The minimum atomic E-state index is -1.36. The minimum absolute atomic E-state index is 0.214. The first-order valence-electron chi connectivity index (χ1n) is 13.7. The maximum Gasteiger partial charge on any atom is 0.338 e. The van der Waals surface area contributed by atoms with Gasteiger partial charge in [0.05, 0.1) is 22.3 Å². The van der Waals surface area contributed by atoms with Crippen LogP contribution in [0.4, 0.5) is 0 Å². The molecule has 0 spiro atoms. The molecule has 44 heavy (non-hydrogen) atoms. The summed E-state index contributed by atoms with van der Waals surface area (Å²) in [6, 6.07) is 32.7. The molecule has 0 aliphatic carbocycles. The normalized spacial score (nSPS) is 19.8. The SMILES string of the molecule is O=C(OC[C@H](OC(=O)c1ccccc1)[C@H]1O[C@@H](Cl)[C@H](OC(=O)c2ccccc2)[C@H]1OC(=O)c1ccccc1)c1ccccc1. The van der Waals surface area contributed by atoms with Crippen molar-refractivity contribution >= 4 is 35.5 Å². The molecular weight excluding hydrogens is 588 g/mol. The predicted octanol–water partition coefficient (Wildman–Crippen LogP) is 5.48. The summed E-state index contributed by atoms with van der Waals surface area (Å²) in [6.07, 6.45) is -5.30. The highest BCUT2D eigenvalue weighted by molar-refractivity contribution is 6.20. The molecule has 1 heterocycles. The van der Waals surface area contributed by atoms with Crippen molar-refractivity contribution in [2.45, 2.75) is 30.0 Å². The van der Waals surface area contributed by atoms with Gasteiger partial charge >= 0.3 is 23.9 Å². The second-order valence-corrected chi connectivity index (χ2v) is 10.1. The van der Waals surface area contributed by atoms with Gasteiger partial charge in [0.2, 0.25) is 0 Å². The number of esters is 4. The van der Waals surface area contributed by atoms with Gasteiger partial charge < -0.3 is 23.7 Å². The van der Waals surface area contributed by atoms with E-state index in [1.807, 2.05) is 0 Å². The molecule has 9 nitrogen and oxygen atoms in total. The molecule has 0 radical (unpaired) electrons. The Bertz CT molecular complexity index is 1570. The van der Waals surface area contributed by atoms with Crippen LogP contribution in [0.25, 0.3) is 0 Å². The molecule has 0 amide bonds. The van der Waals surface area contributed by atoms with Crippen LogP contribution in [-0.2, 0) is 23.7 Å². The summed E-state index contributed by atoms with van der Waals surface area (Å²) in [5.74, 6) is -2.93. The van der Waals surface area contributed by atoms with Crippen LogP contribution in [0.5, 0.6) is 0 Å². The van der Waals surface area contributed by atoms with Crippen LogP contribution >= 0.6 is 11.6 Å². The Balaban J connectivity index is 1.45. The van der Waals surface area contributed by atoms with Crippen LogP contribution in [0, 0.1) is 0 Å². The molecular formula is C34H27ClO9. The predicted molar refractivity (Wildman–Crippen MR) is 158 cm³/mol. The summed E-state index contributed by atoms with van der Waals surface area (Å²) < 4.78 is 28.8. The first kappa shape index (κ1) is 30.5. The van der Waals surface area contributed by atoms with Gasteiger partial charge in [-0.1, -0.05) is 84.4 Å². The molecule has 0 saturated carbocycles. The molecule has 224 valence electrons. The zero-order valence-electron chi connectivity index (χ0n) is 23.2. The standard InChI is InChI=1S/C34H27ClO9/c35-30-29(44-34(39)25-19-11-4-12-20-25)28(43-33(38)24-17-9-3-10-18-24)27(42-30)26(41-32(37)23-15-7-2-8-16-23)21-40-31(36)22-13-5-1-6-14-22/h1-20,26-30H,21H2/t26-,27+,28-,29+,30+/m0/s1. The third-order valence-electron chi connectivity index (χ3n) is 6.72. The summed E-state index contributed by atoms with van der Waals surface area (Å²) in [5.41, 5.74) is -0.381. The van der Waals surface area contributed by atoms with Crippen molar-refractivity contribution in [2.24, 2.45) is 0 Å². The van der Waals surface area contributed by atoms with Gasteiger partial charge in [-0.05, 0) is 48.5 Å². The number of rotatable bonds is 10. The van der Waals surface area contributed by atoms with Crippen LogP contribution in [0.1, 0.15) is 41.4 Å². The van der Waals surface area contributed by atoms with Crippen molar-refractivity contribution in [3.05, 3.63) is 144 Å². The van der Waals surface area contributed by atoms with Gasteiger partial charge in [0.15, 0.2) is 23.9 Å². The average Bonchev–Trinajstić information content (AvgIpc) is 3.37. The van der Waals surface area contributed by atoms with Crippen LogP contribution < -0.4 is 0 Å².